The Bertz CT molecular complexity index is 760. The number of ether oxygens (including phenoxy) is 1. The lowest BCUT2D eigenvalue weighted by Gasteiger charge is -2.33. The van der Waals surface area contributed by atoms with E-state index in [0.29, 0.717) is 19.1 Å². The molecule has 31 heavy (non-hydrogen) atoms. The van der Waals surface area contributed by atoms with Gasteiger partial charge in [0.25, 0.3) is 0 Å². The molecule has 3 rings (SSSR count). The zero-order chi connectivity index (χ0) is 21.0. The number of hydrogen-bond acceptors (Lipinski definition) is 5. The summed E-state index contributed by atoms with van der Waals surface area (Å²) >= 11 is 1.77. The molecule has 7 nitrogen and oxygen atoms in total. The smallest absolute Gasteiger partial charge is 0.224 e. The van der Waals surface area contributed by atoms with Crippen LogP contribution < -0.4 is 10.6 Å². The fourth-order valence-electron chi connectivity index (χ4n) is 3.46. The molecule has 172 valence electrons. The van der Waals surface area contributed by atoms with Crippen LogP contribution in [0, 0.1) is 0 Å². The van der Waals surface area contributed by atoms with Crippen LogP contribution in [-0.4, -0.2) is 62.7 Å². The maximum Gasteiger partial charge on any atom is 0.224 e. The Morgan fingerprint density at radius 2 is 2.13 bits per heavy atom. The molecule has 0 atom stereocenters. The van der Waals surface area contributed by atoms with Gasteiger partial charge in [-0.2, -0.15) is 0 Å². The highest BCUT2D eigenvalue weighted by molar-refractivity contribution is 14.0. The van der Waals surface area contributed by atoms with E-state index in [1.54, 1.807) is 24.7 Å². The van der Waals surface area contributed by atoms with E-state index in [1.165, 1.54) is 4.88 Å². The van der Waals surface area contributed by atoms with Gasteiger partial charge in [-0.25, -0.2) is 0 Å². The van der Waals surface area contributed by atoms with Crippen LogP contribution in [0.25, 0.3) is 0 Å². The van der Waals surface area contributed by atoms with Crippen molar-refractivity contribution in [2.75, 3.05) is 39.9 Å². The number of rotatable bonds is 10. The van der Waals surface area contributed by atoms with Crippen molar-refractivity contribution in [1.82, 2.24) is 15.5 Å². The van der Waals surface area contributed by atoms with E-state index in [4.69, 9.17) is 14.1 Å². The summed E-state index contributed by atoms with van der Waals surface area (Å²) in [4.78, 5) is 20.2. The van der Waals surface area contributed by atoms with E-state index in [9.17, 15) is 4.79 Å². The molecule has 0 radical (unpaired) electrons. The predicted octanol–water partition coefficient (Wildman–Crippen LogP) is 3.31. The van der Waals surface area contributed by atoms with Crippen molar-refractivity contribution in [3.8, 4) is 0 Å². The highest BCUT2D eigenvalue weighted by atomic mass is 127. The van der Waals surface area contributed by atoms with Gasteiger partial charge in [0.1, 0.15) is 5.76 Å². The average molecular weight is 561 g/mol. The molecule has 1 aliphatic heterocycles. The van der Waals surface area contributed by atoms with Crippen molar-refractivity contribution in [3.63, 3.8) is 0 Å². The van der Waals surface area contributed by atoms with E-state index in [2.05, 4.69) is 28.1 Å². The van der Waals surface area contributed by atoms with Gasteiger partial charge in [-0.15, -0.1) is 35.3 Å². The minimum atomic E-state index is 0. The maximum absolute atomic E-state index is 12.2. The third-order valence-electron chi connectivity index (χ3n) is 5.16. The quantitative estimate of drug-likeness (QED) is 0.265. The molecule has 9 heteroatoms. The van der Waals surface area contributed by atoms with E-state index in [-0.39, 0.29) is 29.9 Å². The Balaban J connectivity index is 0.00000341. The van der Waals surface area contributed by atoms with Crippen LogP contribution in [0.3, 0.4) is 0 Å². The highest BCUT2D eigenvalue weighted by Gasteiger charge is 2.23. The molecule has 0 spiro atoms. The van der Waals surface area contributed by atoms with Crippen molar-refractivity contribution >= 4 is 47.2 Å². The summed E-state index contributed by atoms with van der Waals surface area (Å²) in [6.07, 6.45) is 5.75. The van der Waals surface area contributed by atoms with Crippen molar-refractivity contribution in [3.05, 3.63) is 46.5 Å². The summed E-state index contributed by atoms with van der Waals surface area (Å²) in [7, 11) is 1.63. The fourth-order valence-corrected chi connectivity index (χ4v) is 4.16. The number of nitrogens with one attached hydrogen (secondary N) is 2. The van der Waals surface area contributed by atoms with E-state index < -0.39 is 0 Å². The monoisotopic (exact) mass is 560 g/mol. The second-order valence-corrected chi connectivity index (χ2v) is 8.39. The van der Waals surface area contributed by atoms with Crippen LogP contribution in [0.2, 0.25) is 0 Å². The third kappa shape index (κ3) is 9.20. The maximum atomic E-state index is 12.2. The Morgan fingerprint density at radius 3 is 2.81 bits per heavy atom. The van der Waals surface area contributed by atoms with Crippen molar-refractivity contribution < 1.29 is 13.9 Å². The zero-order valence-corrected chi connectivity index (χ0v) is 21.2. The molecular formula is C22H33IN4O3S. The zero-order valence-electron chi connectivity index (χ0n) is 18.0. The first-order valence-corrected chi connectivity index (χ1v) is 11.5. The summed E-state index contributed by atoms with van der Waals surface area (Å²) in [5.41, 5.74) is 0. The van der Waals surface area contributed by atoms with E-state index in [1.807, 2.05) is 17.0 Å². The summed E-state index contributed by atoms with van der Waals surface area (Å²) in [5.74, 6) is 1.97. The van der Waals surface area contributed by atoms with Gasteiger partial charge in [0.15, 0.2) is 5.96 Å². The molecule has 2 aromatic rings. The SMILES string of the molecule is COCCC(=O)N1CCC(NC(=NCCc2cccs2)NCCc2ccco2)CC1.I. The van der Waals surface area contributed by atoms with Gasteiger partial charge in [-0.1, -0.05) is 6.07 Å². The topological polar surface area (TPSA) is 79.1 Å². The van der Waals surface area contributed by atoms with Gasteiger partial charge in [-0.05, 0) is 36.4 Å². The van der Waals surface area contributed by atoms with Gasteiger partial charge in [0, 0.05) is 57.0 Å². The Labute approximate surface area is 205 Å². The Hall–Kier alpha value is -1.59. The molecule has 0 aromatic carbocycles. The van der Waals surface area contributed by atoms with Gasteiger partial charge in [0.2, 0.25) is 5.91 Å². The molecule has 0 bridgehead atoms. The molecular weight excluding hydrogens is 527 g/mol. The second kappa shape index (κ2) is 14.5. The molecule has 3 heterocycles. The summed E-state index contributed by atoms with van der Waals surface area (Å²) in [6, 6.07) is 8.43. The Morgan fingerprint density at radius 1 is 1.29 bits per heavy atom. The minimum Gasteiger partial charge on any atom is -0.469 e. The van der Waals surface area contributed by atoms with Gasteiger partial charge in [-0.3, -0.25) is 9.79 Å². The number of likely N-dealkylation sites (tertiary alicyclic amines) is 1. The van der Waals surface area contributed by atoms with Gasteiger partial charge in [0.05, 0.1) is 19.3 Å². The van der Waals surface area contributed by atoms with Crippen molar-refractivity contribution in [2.24, 2.45) is 4.99 Å². The highest BCUT2D eigenvalue weighted by Crippen LogP contribution is 2.12. The first-order chi connectivity index (χ1) is 14.7. The third-order valence-corrected chi connectivity index (χ3v) is 6.10. The number of guanidine groups is 1. The molecule has 1 amide bonds. The molecule has 2 aromatic heterocycles. The molecule has 2 N–H and O–H groups in total. The molecule has 0 unspecified atom stereocenters. The van der Waals surface area contributed by atoms with E-state index >= 15 is 0 Å². The number of hydrogen-bond donors (Lipinski definition) is 2. The van der Waals surface area contributed by atoms with E-state index in [0.717, 1.165) is 63.6 Å². The number of piperidine rings is 1. The predicted molar refractivity (Wildman–Crippen MR) is 135 cm³/mol. The summed E-state index contributed by atoms with van der Waals surface area (Å²) in [6.45, 7) is 3.53. The van der Waals surface area contributed by atoms with Crippen molar-refractivity contribution in [2.45, 2.75) is 38.1 Å². The largest absolute Gasteiger partial charge is 0.469 e. The number of halogens is 1. The number of carbonyl (C=O) groups excluding carboxylic acids is 1. The first kappa shape index (κ1) is 25.7. The molecule has 1 saturated heterocycles. The number of aliphatic imine (C=N–C) groups is 1. The van der Waals surface area contributed by atoms with Crippen LogP contribution in [0.1, 0.15) is 29.9 Å². The number of nitrogens with zero attached hydrogens (tertiary/aromatic N) is 2. The number of thiophene rings is 1. The minimum absolute atomic E-state index is 0. The first-order valence-electron chi connectivity index (χ1n) is 10.6. The Kier molecular flexibility index (Phi) is 12.0. The lowest BCUT2D eigenvalue weighted by atomic mass is 10.0. The standard InChI is InChI=1S/C22H32N4O3S.HI/c1-28-16-10-21(27)26-13-8-18(9-14-26)25-22(23-11-6-19-4-2-15-29-19)24-12-7-20-5-3-17-30-20;/h2-5,15,17-18H,6-14,16H2,1H3,(H2,23,24,25);1H. The second-order valence-electron chi connectivity index (χ2n) is 7.36. The molecule has 0 aliphatic carbocycles. The van der Waals surface area contributed by atoms with Gasteiger partial charge < -0.3 is 24.7 Å². The fraction of sp³-hybridized carbons (Fsp3) is 0.545. The summed E-state index contributed by atoms with van der Waals surface area (Å²) < 4.78 is 10.4. The molecule has 1 aliphatic rings. The molecule has 1 fully saturated rings. The van der Waals surface area contributed by atoms with Crippen LogP contribution >= 0.6 is 35.3 Å². The van der Waals surface area contributed by atoms with Crippen molar-refractivity contribution in [1.29, 1.82) is 0 Å². The molecule has 0 saturated carbocycles. The summed E-state index contributed by atoms with van der Waals surface area (Å²) in [5, 5.41) is 9.10. The van der Waals surface area contributed by atoms with Crippen LogP contribution in [0.5, 0.6) is 0 Å². The number of amides is 1. The average Bonchev–Trinajstić information content (AvgIpc) is 3.47. The van der Waals surface area contributed by atoms with Crippen LogP contribution in [0.4, 0.5) is 0 Å². The van der Waals surface area contributed by atoms with Crippen LogP contribution in [-0.2, 0) is 22.4 Å². The van der Waals surface area contributed by atoms with Crippen LogP contribution in [0.15, 0.2) is 45.3 Å². The number of carbonyl (C=O) groups is 1. The number of methoxy groups -OCH3 is 1. The lowest BCUT2D eigenvalue weighted by Crippen LogP contribution is -2.50. The normalized spacial score (nSPS) is 14.9. The lowest BCUT2D eigenvalue weighted by molar-refractivity contribution is -0.133. The number of furan rings is 1. The van der Waals surface area contributed by atoms with Gasteiger partial charge >= 0.3 is 0 Å².